The molecule has 0 atom stereocenters. The molecule has 0 aliphatic heterocycles. The van der Waals surface area contributed by atoms with Gasteiger partial charge in [0, 0.05) is 6.07 Å². The van der Waals surface area contributed by atoms with Gasteiger partial charge < -0.3 is 0 Å². The molecular formula is C5H7F6N2P. The SMILES string of the molecule is C[n+]1cccnc1.F[P-](F)(F)(F)(F)F. The number of aromatic nitrogens is 2. The number of rotatable bonds is 0. The fourth-order valence-electron chi connectivity index (χ4n) is 0.406. The predicted octanol–water partition coefficient (Wildman–Crippen LogP) is 3.29. The summed E-state index contributed by atoms with van der Waals surface area (Å²) in [4.78, 5) is 3.85. The topological polar surface area (TPSA) is 16.8 Å². The fourth-order valence-corrected chi connectivity index (χ4v) is 0.406. The second-order valence-corrected chi connectivity index (χ2v) is 4.30. The van der Waals surface area contributed by atoms with Crippen molar-refractivity contribution in [3.05, 3.63) is 24.8 Å². The quantitative estimate of drug-likeness (QED) is 0.386. The molecule has 1 aromatic heterocycles. The van der Waals surface area contributed by atoms with Crippen molar-refractivity contribution in [2.45, 2.75) is 0 Å². The van der Waals surface area contributed by atoms with E-state index < -0.39 is 7.81 Å². The first-order chi connectivity index (χ1) is 5.84. The molecule has 0 saturated carbocycles. The van der Waals surface area contributed by atoms with Gasteiger partial charge in [-0.05, 0) is 0 Å². The minimum absolute atomic E-state index is 1.75. The summed E-state index contributed by atoms with van der Waals surface area (Å²) in [7, 11) is -8.72. The molecule has 0 aliphatic carbocycles. The van der Waals surface area contributed by atoms with Crippen molar-refractivity contribution in [2.24, 2.45) is 7.05 Å². The summed E-state index contributed by atoms with van der Waals surface area (Å²) in [5.41, 5.74) is 0. The number of hydrogen-bond acceptors (Lipinski definition) is 1. The summed E-state index contributed by atoms with van der Waals surface area (Å²) in [5.74, 6) is 0. The zero-order valence-corrected chi connectivity index (χ0v) is 7.81. The van der Waals surface area contributed by atoms with E-state index in [1.165, 1.54) is 0 Å². The van der Waals surface area contributed by atoms with E-state index >= 15 is 0 Å². The van der Waals surface area contributed by atoms with Gasteiger partial charge in [0.15, 0.2) is 0 Å². The molecule has 0 saturated heterocycles. The summed E-state index contributed by atoms with van der Waals surface area (Å²) in [6, 6.07) is 1.89. The van der Waals surface area contributed by atoms with Gasteiger partial charge in [-0.1, -0.05) is 4.98 Å². The van der Waals surface area contributed by atoms with Crippen LogP contribution < -0.4 is 4.57 Å². The van der Waals surface area contributed by atoms with Gasteiger partial charge in [-0.25, -0.2) is 4.57 Å². The van der Waals surface area contributed by atoms with E-state index in [1.54, 1.807) is 12.5 Å². The maximum atomic E-state index is 9.87. The molecule has 0 aromatic carbocycles. The Labute approximate surface area is 75.4 Å². The van der Waals surface area contributed by atoms with Gasteiger partial charge in [0.2, 0.25) is 0 Å². The molecule has 0 N–H and O–H groups in total. The van der Waals surface area contributed by atoms with Gasteiger partial charge in [-0.2, -0.15) is 0 Å². The van der Waals surface area contributed by atoms with Crippen molar-refractivity contribution in [1.82, 2.24) is 4.98 Å². The predicted molar refractivity (Wildman–Crippen MR) is 39.0 cm³/mol. The van der Waals surface area contributed by atoms with Crippen LogP contribution in [0, 0.1) is 0 Å². The van der Waals surface area contributed by atoms with Gasteiger partial charge >= 0.3 is 33.0 Å². The van der Waals surface area contributed by atoms with E-state index in [-0.39, 0.29) is 0 Å². The molecule has 9 heteroatoms. The Bertz CT molecular complexity index is 280. The normalized spacial score (nSPS) is 15.9. The van der Waals surface area contributed by atoms with Crippen molar-refractivity contribution >= 4 is 7.81 Å². The van der Waals surface area contributed by atoms with Crippen LogP contribution >= 0.6 is 7.81 Å². The third kappa shape index (κ3) is 22.5. The molecule has 1 rings (SSSR count). The van der Waals surface area contributed by atoms with Crippen LogP contribution in [0.4, 0.5) is 25.2 Å². The molecule has 0 unspecified atom stereocenters. The molecule has 14 heavy (non-hydrogen) atoms. The summed E-state index contributed by atoms with van der Waals surface area (Å²) in [6.45, 7) is 0. The van der Waals surface area contributed by atoms with Crippen molar-refractivity contribution in [2.75, 3.05) is 0 Å². The first-order valence-corrected chi connectivity index (χ1v) is 5.19. The van der Waals surface area contributed by atoms with Crippen LogP contribution in [-0.2, 0) is 7.05 Å². The van der Waals surface area contributed by atoms with E-state index in [9.17, 15) is 25.2 Å². The molecule has 1 aromatic rings. The second kappa shape index (κ2) is 3.05. The zero-order valence-electron chi connectivity index (χ0n) is 6.92. The third-order valence-electron chi connectivity index (χ3n) is 0.742. The van der Waals surface area contributed by atoms with Gasteiger partial charge in [-0.3, -0.25) is 0 Å². The number of halogens is 6. The molecule has 0 spiro atoms. The van der Waals surface area contributed by atoms with Crippen LogP contribution in [0.5, 0.6) is 0 Å². The molecule has 2 nitrogen and oxygen atoms in total. The molecular weight excluding hydrogens is 233 g/mol. The average molecular weight is 240 g/mol. The van der Waals surface area contributed by atoms with Crippen LogP contribution in [0.1, 0.15) is 0 Å². The number of nitrogens with zero attached hydrogens (tertiary/aromatic N) is 2. The van der Waals surface area contributed by atoms with E-state index in [4.69, 9.17) is 0 Å². The summed E-state index contributed by atoms with van der Waals surface area (Å²) in [6.07, 6.45) is 5.44. The minimum atomic E-state index is -10.7. The molecule has 1 heterocycles. The van der Waals surface area contributed by atoms with Crippen LogP contribution in [0.3, 0.4) is 0 Å². The van der Waals surface area contributed by atoms with Crippen LogP contribution in [0.2, 0.25) is 0 Å². The van der Waals surface area contributed by atoms with E-state index in [0.717, 1.165) is 0 Å². The summed E-state index contributed by atoms with van der Waals surface area (Å²) < 4.78 is 61.1. The molecule has 84 valence electrons. The van der Waals surface area contributed by atoms with Gasteiger partial charge in [0.1, 0.15) is 6.20 Å². The third-order valence-corrected chi connectivity index (χ3v) is 0.742. The van der Waals surface area contributed by atoms with Crippen molar-refractivity contribution in [3.8, 4) is 0 Å². The first kappa shape index (κ1) is 13.1. The summed E-state index contributed by atoms with van der Waals surface area (Å²) >= 11 is 0. The Morgan fingerprint density at radius 3 is 1.64 bits per heavy atom. The standard InChI is InChI=1S/C5H7N2.F6P/c1-7-4-2-3-6-5-7;1-7(2,3,4,5)6/h2-5H,1H3;/q+1;-1. The van der Waals surface area contributed by atoms with Crippen LogP contribution in [0.25, 0.3) is 0 Å². The van der Waals surface area contributed by atoms with Gasteiger partial charge in [-0.15, -0.1) is 0 Å². The van der Waals surface area contributed by atoms with Crippen LogP contribution in [-0.4, -0.2) is 4.98 Å². The van der Waals surface area contributed by atoms with Crippen molar-refractivity contribution < 1.29 is 29.7 Å². The molecule has 0 bridgehead atoms. The molecule has 0 amide bonds. The van der Waals surface area contributed by atoms with Crippen molar-refractivity contribution in [3.63, 3.8) is 0 Å². The average Bonchev–Trinajstić information content (AvgIpc) is 1.81. The Morgan fingerprint density at radius 1 is 1.07 bits per heavy atom. The monoisotopic (exact) mass is 240 g/mol. The van der Waals surface area contributed by atoms with Gasteiger partial charge in [0.25, 0.3) is 6.33 Å². The molecule has 0 fully saturated rings. The zero-order chi connectivity index (χ0) is 11.5. The Balaban J connectivity index is 0.000000241. The van der Waals surface area contributed by atoms with E-state index in [0.29, 0.717) is 0 Å². The first-order valence-electron chi connectivity index (χ1n) is 3.16. The summed E-state index contributed by atoms with van der Waals surface area (Å²) in [5, 5.41) is 0. The van der Waals surface area contributed by atoms with Crippen LogP contribution in [0.15, 0.2) is 24.8 Å². The Kier molecular flexibility index (Phi) is 2.85. The van der Waals surface area contributed by atoms with Crippen molar-refractivity contribution in [1.29, 1.82) is 0 Å². The second-order valence-electron chi connectivity index (χ2n) is 2.38. The maximum absolute atomic E-state index is 10.7. The Hall–Kier alpha value is -0.910. The molecule has 0 radical (unpaired) electrons. The Morgan fingerprint density at radius 2 is 1.50 bits per heavy atom. The molecule has 0 aliphatic rings. The fraction of sp³-hybridized carbons (Fsp3) is 0.200. The number of aryl methyl sites for hydroxylation is 1. The van der Waals surface area contributed by atoms with E-state index in [1.807, 2.05) is 23.9 Å². The number of hydrogen-bond donors (Lipinski definition) is 0. The van der Waals surface area contributed by atoms with E-state index in [2.05, 4.69) is 4.98 Å². The van der Waals surface area contributed by atoms with Gasteiger partial charge in [0.05, 0.1) is 13.2 Å².